The van der Waals surface area contributed by atoms with Crippen LogP contribution in [0, 0.1) is 0 Å². The third kappa shape index (κ3) is 3.36. The van der Waals surface area contributed by atoms with Gasteiger partial charge >= 0.3 is 12.4 Å². The Morgan fingerprint density at radius 2 is 1.64 bits per heavy atom. The summed E-state index contributed by atoms with van der Waals surface area (Å²) in [4.78, 5) is 4.63. The third-order valence-electron chi connectivity index (χ3n) is 6.57. The van der Waals surface area contributed by atoms with Crippen molar-refractivity contribution < 1.29 is 26.3 Å². The van der Waals surface area contributed by atoms with Crippen LogP contribution >= 0.6 is 0 Å². The van der Waals surface area contributed by atoms with E-state index in [1.54, 1.807) is 12.1 Å². The first-order chi connectivity index (χ1) is 17.0. The molecule has 0 aliphatic heterocycles. The van der Waals surface area contributed by atoms with Crippen molar-refractivity contribution in [1.82, 2.24) is 35.2 Å². The molecule has 1 aliphatic carbocycles. The molecule has 0 atom stereocenters. The molecular weight excluding hydrogens is 488 g/mol. The average Bonchev–Trinajstić information content (AvgIpc) is 3.55. The predicted octanol–water partition coefficient (Wildman–Crippen LogP) is 5.82. The zero-order valence-electron chi connectivity index (χ0n) is 18.6. The number of benzene rings is 1. The fourth-order valence-electron chi connectivity index (χ4n) is 5.05. The van der Waals surface area contributed by atoms with E-state index in [2.05, 4.69) is 30.5 Å². The normalized spacial score (nSPS) is 14.6. The second-order valence-electron chi connectivity index (χ2n) is 8.76. The van der Waals surface area contributed by atoms with Crippen LogP contribution in [-0.2, 0) is 32.2 Å². The second-order valence-corrected chi connectivity index (χ2v) is 8.76. The molecular formula is C23H17F6N7. The van der Waals surface area contributed by atoms with Gasteiger partial charge in [-0.05, 0) is 55.0 Å². The van der Waals surface area contributed by atoms with Crippen LogP contribution in [0.3, 0.4) is 0 Å². The summed E-state index contributed by atoms with van der Waals surface area (Å²) in [6.07, 6.45) is -5.39. The molecule has 0 fully saturated rings. The number of halogens is 6. The Kier molecular flexibility index (Phi) is 4.73. The molecule has 186 valence electrons. The molecule has 0 spiro atoms. The van der Waals surface area contributed by atoms with E-state index >= 15 is 0 Å². The minimum Gasteiger partial charge on any atom is -0.284 e. The number of pyridine rings is 1. The van der Waals surface area contributed by atoms with Crippen molar-refractivity contribution in [2.75, 3.05) is 0 Å². The topological polar surface area (TPSA) is 88.1 Å². The lowest BCUT2D eigenvalue weighted by Crippen LogP contribution is -2.11. The minimum absolute atomic E-state index is 0.128. The van der Waals surface area contributed by atoms with Crippen molar-refractivity contribution in [2.45, 2.75) is 38.0 Å². The van der Waals surface area contributed by atoms with Gasteiger partial charge in [0.1, 0.15) is 5.69 Å². The van der Waals surface area contributed by atoms with E-state index in [4.69, 9.17) is 0 Å². The molecule has 0 saturated heterocycles. The van der Waals surface area contributed by atoms with Gasteiger partial charge in [0.2, 0.25) is 0 Å². The van der Waals surface area contributed by atoms with Crippen molar-refractivity contribution in [3.8, 4) is 22.6 Å². The number of H-pyrrole nitrogens is 2. The molecule has 0 radical (unpaired) electrons. The monoisotopic (exact) mass is 505 g/mol. The van der Waals surface area contributed by atoms with Crippen LogP contribution < -0.4 is 0 Å². The van der Waals surface area contributed by atoms with Crippen molar-refractivity contribution in [1.29, 1.82) is 0 Å². The molecule has 0 unspecified atom stereocenters. The van der Waals surface area contributed by atoms with Gasteiger partial charge in [0, 0.05) is 24.0 Å². The number of hydrogen-bond acceptors (Lipinski definition) is 4. The zero-order chi connectivity index (χ0) is 25.4. The predicted molar refractivity (Wildman–Crippen MR) is 118 cm³/mol. The molecule has 6 rings (SSSR count). The molecule has 2 N–H and O–H groups in total. The summed E-state index contributed by atoms with van der Waals surface area (Å²) in [5, 5.41) is 17.7. The fraction of sp³-hybridized carbons (Fsp3) is 0.304. The van der Waals surface area contributed by atoms with Gasteiger partial charge < -0.3 is 0 Å². The zero-order valence-corrected chi connectivity index (χ0v) is 18.6. The summed E-state index contributed by atoms with van der Waals surface area (Å²) in [6.45, 7) is 0. The number of aromatic amines is 2. The highest BCUT2D eigenvalue weighted by Crippen LogP contribution is 2.43. The van der Waals surface area contributed by atoms with E-state index < -0.39 is 23.7 Å². The highest BCUT2D eigenvalue weighted by Gasteiger charge is 2.39. The average molecular weight is 505 g/mol. The van der Waals surface area contributed by atoms with E-state index in [1.807, 2.05) is 0 Å². The van der Waals surface area contributed by atoms with Crippen molar-refractivity contribution in [3.63, 3.8) is 0 Å². The Morgan fingerprint density at radius 1 is 0.889 bits per heavy atom. The molecule has 0 bridgehead atoms. The number of nitrogens with zero attached hydrogens (tertiary/aromatic N) is 5. The lowest BCUT2D eigenvalue weighted by molar-refractivity contribution is -0.141. The summed E-state index contributed by atoms with van der Waals surface area (Å²) in [7, 11) is 1.40. The van der Waals surface area contributed by atoms with Gasteiger partial charge in [-0.2, -0.15) is 41.6 Å². The van der Waals surface area contributed by atoms with Crippen molar-refractivity contribution in [2.24, 2.45) is 7.05 Å². The lowest BCUT2D eigenvalue weighted by Gasteiger charge is -2.22. The van der Waals surface area contributed by atoms with Gasteiger partial charge in [-0.3, -0.25) is 14.9 Å². The standard InChI is InChI=1S/C23H17F6N7/c1-36-15(8-16(35-36)22(24,25)26)20-18-14(32-33-20)7-6-13-17(18)10-4-2-3-5-11(10)19(31-13)12-9-30-34-21(12)23(27,28)29/h6-9H,2-5H2,1H3,(H,30,34)(H,32,33). The first-order valence-electron chi connectivity index (χ1n) is 11.1. The number of nitrogens with one attached hydrogen (secondary N) is 2. The van der Waals surface area contributed by atoms with E-state index in [0.717, 1.165) is 29.2 Å². The van der Waals surface area contributed by atoms with Gasteiger partial charge in [-0.15, -0.1) is 0 Å². The number of rotatable bonds is 2. The summed E-state index contributed by atoms with van der Waals surface area (Å²) in [5.74, 6) is 0. The Labute approximate surface area is 198 Å². The lowest BCUT2D eigenvalue weighted by atomic mass is 9.85. The van der Waals surface area contributed by atoms with Gasteiger partial charge in [-0.25, -0.2) is 4.98 Å². The van der Waals surface area contributed by atoms with Crippen LogP contribution in [0.2, 0.25) is 0 Å². The summed E-state index contributed by atoms with van der Waals surface area (Å²) in [5.41, 5.74) is 0.927. The molecule has 13 heteroatoms. The van der Waals surface area contributed by atoms with E-state index in [9.17, 15) is 26.3 Å². The number of fused-ring (bicyclic) bond motifs is 5. The Hall–Kier alpha value is -3.90. The van der Waals surface area contributed by atoms with Crippen LogP contribution in [0.4, 0.5) is 26.3 Å². The molecule has 4 heterocycles. The SMILES string of the molecule is Cn1nc(C(F)(F)F)cc1-c1n[nH]c2ccc3nc(-c4c[nH]nc4C(F)(F)F)c4c(c3c12)CCCC4. The van der Waals surface area contributed by atoms with Gasteiger partial charge in [0.05, 0.1) is 28.0 Å². The number of hydrogen-bond donors (Lipinski definition) is 2. The third-order valence-corrected chi connectivity index (χ3v) is 6.57. The minimum atomic E-state index is -4.66. The van der Waals surface area contributed by atoms with E-state index in [0.29, 0.717) is 40.2 Å². The number of aryl methyl sites for hydroxylation is 2. The van der Waals surface area contributed by atoms with Crippen molar-refractivity contribution in [3.05, 3.63) is 46.9 Å². The maximum Gasteiger partial charge on any atom is 0.435 e. The molecule has 5 aromatic rings. The first kappa shape index (κ1) is 22.6. The smallest absolute Gasteiger partial charge is 0.284 e. The summed E-state index contributed by atoms with van der Waals surface area (Å²) in [6, 6.07) is 4.28. The van der Waals surface area contributed by atoms with Crippen LogP contribution in [0.5, 0.6) is 0 Å². The fourth-order valence-corrected chi connectivity index (χ4v) is 5.05. The Bertz CT molecular complexity index is 1640. The Balaban J connectivity index is 1.66. The van der Waals surface area contributed by atoms with Gasteiger partial charge in [0.15, 0.2) is 11.4 Å². The first-order valence-corrected chi connectivity index (χ1v) is 11.1. The van der Waals surface area contributed by atoms with Crippen LogP contribution in [-0.4, -0.2) is 35.2 Å². The molecule has 0 amide bonds. The highest BCUT2D eigenvalue weighted by atomic mass is 19.4. The summed E-state index contributed by atoms with van der Waals surface area (Å²) >= 11 is 0. The molecule has 7 nitrogen and oxygen atoms in total. The molecule has 0 saturated carbocycles. The molecule has 36 heavy (non-hydrogen) atoms. The quantitative estimate of drug-likeness (QED) is 0.296. The molecule has 1 aromatic carbocycles. The van der Waals surface area contributed by atoms with Crippen molar-refractivity contribution >= 4 is 21.8 Å². The van der Waals surface area contributed by atoms with Gasteiger partial charge in [0.25, 0.3) is 0 Å². The number of aromatic nitrogens is 7. The van der Waals surface area contributed by atoms with Crippen LogP contribution in [0.1, 0.15) is 35.4 Å². The maximum absolute atomic E-state index is 13.6. The second kappa shape index (κ2) is 7.55. The van der Waals surface area contributed by atoms with E-state index in [-0.39, 0.29) is 22.6 Å². The van der Waals surface area contributed by atoms with Crippen LogP contribution in [0.15, 0.2) is 24.4 Å². The summed E-state index contributed by atoms with van der Waals surface area (Å²) < 4.78 is 81.9. The molecule has 1 aliphatic rings. The van der Waals surface area contributed by atoms with E-state index in [1.165, 1.54) is 13.2 Å². The van der Waals surface area contributed by atoms with Gasteiger partial charge in [-0.1, -0.05) is 0 Å². The highest BCUT2D eigenvalue weighted by molar-refractivity contribution is 6.13. The maximum atomic E-state index is 13.6. The number of alkyl halides is 6. The van der Waals surface area contributed by atoms with Crippen LogP contribution in [0.25, 0.3) is 44.5 Å². The molecule has 4 aromatic heterocycles. The Morgan fingerprint density at radius 3 is 2.33 bits per heavy atom. The largest absolute Gasteiger partial charge is 0.435 e.